The number of ether oxygens (including phenoxy) is 3. The molecule has 1 aliphatic heterocycles. The number of thiocarbonyl (C=S) groups is 1. The van der Waals surface area contributed by atoms with E-state index in [9.17, 15) is 14.4 Å². The summed E-state index contributed by atoms with van der Waals surface area (Å²) in [7, 11) is 0. The number of carbonyl (C=O) groups excluding carboxylic acids is 3. The Hall–Kier alpha value is -2.66. The predicted molar refractivity (Wildman–Crippen MR) is 140 cm³/mol. The standard InChI is InChI=1S/C23H19BrCl2N2O6S/c1-3-32-17-10-12(9-14(24)20(17)34-11-18(29)33-4-2)8-13-21(30)27-23(35)28(22(13)31)16-7-5-6-15(25)19(16)26/h5-10H,3-4,11H2,1-2H3,(H,27,30,35)/b13-8+. The van der Waals surface area contributed by atoms with Gasteiger partial charge in [0.2, 0.25) is 0 Å². The molecular formula is C23H19BrCl2N2O6S. The van der Waals surface area contributed by atoms with E-state index >= 15 is 0 Å². The highest BCUT2D eigenvalue weighted by Crippen LogP contribution is 2.38. The molecule has 1 heterocycles. The number of benzene rings is 2. The highest BCUT2D eigenvalue weighted by molar-refractivity contribution is 9.10. The van der Waals surface area contributed by atoms with Crippen LogP contribution < -0.4 is 19.7 Å². The van der Waals surface area contributed by atoms with Gasteiger partial charge in [-0.15, -0.1) is 0 Å². The van der Waals surface area contributed by atoms with Gasteiger partial charge in [-0.05, 0) is 77.9 Å². The van der Waals surface area contributed by atoms with Gasteiger partial charge in [-0.25, -0.2) is 4.79 Å². The minimum atomic E-state index is -0.681. The fourth-order valence-corrected chi connectivity index (χ4v) is 4.34. The number of halogens is 3. The van der Waals surface area contributed by atoms with Crippen molar-refractivity contribution in [3.63, 3.8) is 0 Å². The zero-order valence-electron chi connectivity index (χ0n) is 18.5. The molecule has 0 aliphatic carbocycles. The Kier molecular flexibility index (Phi) is 9.12. The maximum Gasteiger partial charge on any atom is 0.344 e. The van der Waals surface area contributed by atoms with E-state index < -0.39 is 17.8 Å². The summed E-state index contributed by atoms with van der Waals surface area (Å²) >= 11 is 21.0. The third kappa shape index (κ3) is 6.13. The quantitative estimate of drug-likeness (QED) is 0.198. The summed E-state index contributed by atoms with van der Waals surface area (Å²) < 4.78 is 16.5. The number of carbonyl (C=O) groups is 3. The van der Waals surface area contributed by atoms with Crippen molar-refractivity contribution < 1.29 is 28.6 Å². The molecule has 0 atom stereocenters. The smallest absolute Gasteiger partial charge is 0.344 e. The number of rotatable bonds is 8. The minimum absolute atomic E-state index is 0.116. The summed E-state index contributed by atoms with van der Waals surface area (Å²) in [5, 5.41) is 2.71. The second-order valence-corrected chi connectivity index (χ2v) is 8.91. The van der Waals surface area contributed by atoms with E-state index in [1.165, 1.54) is 6.08 Å². The number of esters is 1. The Morgan fingerprint density at radius 2 is 1.91 bits per heavy atom. The van der Waals surface area contributed by atoms with Gasteiger partial charge < -0.3 is 14.2 Å². The summed E-state index contributed by atoms with van der Waals surface area (Å²) in [4.78, 5) is 38.8. The lowest BCUT2D eigenvalue weighted by Gasteiger charge is -2.29. The highest BCUT2D eigenvalue weighted by Gasteiger charge is 2.35. The van der Waals surface area contributed by atoms with Crippen LogP contribution in [0.4, 0.5) is 5.69 Å². The maximum atomic E-state index is 13.3. The van der Waals surface area contributed by atoms with Gasteiger partial charge in [0.15, 0.2) is 23.2 Å². The van der Waals surface area contributed by atoms with E-state index in [0.29, 0.717) is 22.4 Å². The number of nitrogens with zero attached hydrogens (tertiary/aromatic N) is 1. The van der Waals surface area contributed by atoms with Crippen molar-refractivity contribution in [1.29, 1.82) is 0 Å². The second-order valence-electron chi connectivity index (χ2n) is 6.89. The van der Waals surface area contributed by atoms with Crippen LogP contribution >= 0.6 is 51.3 Å². The van der Waals surface area contributed by atoms with Crippen LogP contribution in [0.15, 0.2) is 40.4 Å². The molecule has 184 valence electrons. The van der Waals surface area contributed by atoms with Crippen LogP contribution in [0.25, 0.3) is 6.08 Å². The van der Waals surface area contributed by atoms with E-state index in [0.717, 1.165) is 4.90 Å². The van der Waals surface area contributed by atoms with Crippen molar-refractivity contribution in [2.24, 2.45) is 0 Å². The molecule has 1 N–H and O–H groups in total. The highest BCUT2D eigenvalue weighted by atomic mass is 79.9. The lowest BCUT2D eigenvalue weighted by atomic mass is 10.1. The molecule has 1 fully saturated rings. The average Bonchev–Trinajstić information content (AvgIpc) is 2.79. The number of hydrogen-bond donors (Lipinski definition) is 1. The summed E-state index contributed by atoms with van der Waals surface area (Å²) in [6, 6.07) is 7.93. The van der Waals surface area contributed by atoms with Crippen LogP contribution in [0.5, 0.6) is 11.5 Å². The summed E-state index contributed by atoms with van der Waals surface area (Å²) in [5.74, 6) is -1.32. The molecule has 0 spiro atoms. The van der Waals surface area contributed by atoms with Crippen LogP contribution in [0, 0.1) is 0 Å². The van der Waals surface area contributed by atoms with Crippen LogP contribution in [0.2, 0.25) is 10.0 Å². The number of amides is 2. The Balaban J connectivity index is 1.99. The van der Waals surface area contributed by atoms with Crippen LogP contribution in [0.3, 0.4) is 0 Å². The molecule has 0 saturated carbocycles. The largest absolute Gasteiger partial charge is 0.490 e. The van der Waals surface area contributed by atoms with Gasteiger partial charge in [0.1, 0.15) is 5.57 Å². The molecule has 8 nitrogen and oxygen atoms in total. The zero-order valence-corrected chi connectivity index (χ0v) is 22.4. The Bertz CT molecular complexity index is 1240. The van der Waals surface area contributed by atoms with Gasteiger partial charge in [0, 0.05) is 0 Å². The molecule has 2 aromatic rings. The molecule has 1 saturated heterocycles. The molecule has 0 radical (unpaired) electrons. The summed E-state index contributed by atoms with van der Waals surface area (Å²) in [6.07, 6.45) is 1.38. The molecule has 2 aromatic carbocycles. The molecule has 3 rings (SSSR count). The van der Waals surface area contributed by atoms with Crippen molar-refractivity contribution in [2.75, 3.05) is 24.7 Å². The fourth-order valence-electron chi connectivity index (χ4n) is 3.12. The van der Waals surface area contributed by atoms with Crippen molar-refractivity contribution in [1.82, 2.24) is 5.32 Å². The number of hydrogen-bond acceptors (Lipinski definition) is 7. The van der Waals surface area contributed by atoms with Crippen LogP contribution in [-0.2, 0) is 19.1 Å². The lowest BCUT2D eigenvalue weighted by Crippen LogP contribution is -2.54. The first-order valence-corrected chi connectivity index (χ1v) is 12.2. The van der Waals surface area contributed by atoms with E-state index in [4.69, 9.17) is 49.6 Å². The maximum absolute atomic E-state index is 13.3. The van der Waals surface area contributed by atoms with Gasteiger partial charge in [0.25, 0.3) is 11.8 Å². The van der Waals surface area contributed by atoms with Gasteiger partial charge in [0.05, 0.1) is 33.4 Å². The lowest BCUT2D eigenvalue weighted by molar-refractivity contribution is -0.145. The third-order valence-corrected chi connectivity index (χ3v) is 6.24. The topological polar surface area (TPSA) is 94.2 Å². The monoisotopic (exact) mass is 600 g/mol. The minimum Gasteiger partial charge on any atom is -0.490 e. The summed E-state index contributed by atoms with van der Waals surface area (Å²) in [6.45, 7) is 3.68. The Morgan fingerprint density at radius 1 is 1.17 bits per heavy atom. The van der Waals surface area contributed by atoms with Crippen molar-refractivity contribution in [3.05, 3.63) is 56.0 Å². The molecule has 0 unspecified atom stereocenters. The molecule has 35 heavy (non-hydrogen) atoms. The molecule has 2 amide bonds. The SMILES string of the molecule is CCOC(=O)COc1c(Br)cc(/C=C2\C(=O)NC(=S)N(c3cccc(Cl)c3Cl)C2=O)cc1OCC. The van der Waals surface area contributed by atoms with Gasteiger partial charge in [-0.1, -0.05) is 29.3 Å². The molecule has 1 aliphatic rings. The van der Waals surface area contributed by atoms with Crippen LogP contribution in [0.1, 0.15) is 19.4 Å². The molecular weight excluding hydrogens is 583 g/mol. The van der Waals surface area contributed by atoms with Crippen molar-refractivity contribution >= 4 is 86.0 Å². The first-order valence-electron chi connectivity index (χ1n) is 10.3. The Labute approximate surface area is 225 Å². The third-order valence-electron chi connectivity index (χ3n) is 4.56. The average molecular weight is 602 g/mol. The van der Waals surface area contributed by atoms with E-state index in [1.54, 1.807) is 44.2 Å². The second kappa shape index (κ2) is 11.9. The van der Waals surface area contributed by atoms with Gasteiger partial charge in [-0.3, -0.25) is 19.8 Å². The fraction of sp³-hybridized carbons (Fsp3) is 0.217. The van der Waals surface area contributed by atoms with Gasteiger partial charge in [-0.2, -0.15) is 0 Å². The van der Waals surface area contributed by atoms with Crippen molar-refractivity contribution in [2.45, 2.75) is 13.8 Å². The normalized spacial score (nSPS) is 14.7. The molecule has 0 aromatic heterocycles. The van der Waals surface area contributed by atoms with E-state index in [2.05, 4.69) is 21.2 Å². The summed E-state index contributed by atoms with van der Waals surface area (Å²) in [5.41, 5.74) is 0.496. The van der Waals surface area contributed by atoms with Crippen LogP contribution in [-0.4, -0.2) is 42.7 Å². The Morgan fingerprint density at radius 3 is 2.60 bits per heavy atom. The molecule has 12 heteroatoms. The first-order chi connectivity index (χ1) is 16.7. The number of nitrogens with one attached hydrogen (secondary N) is 1. The predicted octanol–water partition coefficient (Wildman–Crippen LogP) is 4.93. The molecule has 0 bridgehead atoms. The van der Waals surface area contributed by atoms with E-state index in [1.807, 2.05) is 0 Å². The van der Waals surface area contributed by atoms with E-state index in [-0.39, 0.29) is 45.4 Å². The van der Waals surface area contributed by atoms with Crippen molar-refractivity contribution in [3.8, 4) is 11.5 Å². The zero-order chi connectivity index (χ0) is 25.7. The number of anilines is 1. The van der Waals surface area contributed by atoms with Gasteiger partial charge >= 0.3 is 5.97 Å². The first kappa shape index (κ1) is 26.9.